The lowest BCUT2D eigenvalue weighted by atomic mass is 9.63. The highest BCUT2D eigenvalue weighted by molar-refractivity contribution is 7.17. The standard InChI is InChI=1S/C53H63ClN2S/c1-34-29-44(55(38-20-15-35(16-21-38)49(2,3)4)39-22-17-36(18-23-39)50(5,6)7)48(54)45(30-34)56(46-33-57-47-26-19-37(31-41(46)47)51(8,9)10)40-24-25-42-43(32-40)53(13,14)28-27-52(42,11)12/h15-26,29-33H,27-28H2,1-14H3. The SMILES string of the molecule is Cc1cc(N(c2ccc(C(C)(C)C)cc2)c2ccc(C(C)(C)C)cc2)c(Cl)c(N(c2ccc3c(c2)C(C)(C)CCC3(C)C)c2csc3ccc(C(C)(C)C)cc23)c1. The van der Waals surface area contributed by atoms with Crippen LogP contribution in [0.25, 0.3) is 10.1 Å². The van der Waals surface area contributed by atoms with Crippen LogP contribution in [-0.4, -0.2) is 0 Å². The van der Waals surface area contributed by atoms with Gasteiger partial charge in [0.15, 0.2) is 0 Å². The molecular weight excluding hydrogens is 732 g/mol. The van der Waals surface area contributed by atoms with Crippen LogP contribution in [0.3, 0.4) is 0 Å². The number of nitrogens with zero attached hydrogens (tertiary/aromatic N) is 2. The molecule has 0 spiro atoms. The number of benzene rings is 5. The zero-order valence-corrected chi connectivity index (χ0v) is 38.5. The molecule has 0 unspecified atom stereocenters. The number of hydrogen-bond donors (Lipinski definition) is 0. The molecule has 0 amide bonds. The fourth-order valence-electron chi connectivity index (χ4n) is 8.48. The van der Waals surface area contributed by atoms with Crippen LogP contribution >= 0.6 is 22.9 Å². The highest BCUT2D eigenvalue weighted by Gasteiger charge is 2.38. The van der Waals surface area contributed by atoms with Crippen molar-refractivity contribution in [3.63, 3.8) is 0 Å². The number of hydrogen-bond acceptors (Lipinski definition) is 3. The van der Waals surface area contributed by atoms with Crippen LogP contribution in [0.2, 0.25) is 5.02 Å². The molecule has 6 aromatic rings. The molecule has 0 fully saturated rings. The molecule has 5 aromatic carbocycles. The van der Waals surface area contributed by atoms with E-state index in [1.54, 1.807) is 11.3 Å². The molecule has 0 atom stereocenters. The van der Waals surface area contributed by atoms with Crippen molar-refractivity contribution < 1.29 is 0 Å². The van der Waals surface area contributed by atoms with Gasteiger partial charge in [0.25, 0.3) is 0 Å². The molecule has 0 saturated heterocycles. The van der Waals surface area contributed by atoms with Gasteiger partial charge in [0, 0.05) is 32.5 Å². The lowest BCUT2D eigenvalue weighted by Gasteiger charge is -2.42. The van der Waals surface area contributed by atoms with Gasteiger partial charge >= 0.3 is 0 Å². The normalized spacial score (nSPS) is 15.4. The zero-order valence-electron chi connectivity index (χ0n) is 36.9. The number of aryl methyl sites for hydroxylation is 1. The first kappa shape index (κ1) is 41.1. The molecule has 1 aliphatic carbocycles. The topological polar surface area (TPSA) is 6.48 Å². The summed E-state index contributed by atoms with van der Waals surface area (Å²) in [5, 5.41) is 4.29. The van der Waals surface area contributed by atoms with Crippen LogP contribution in [0, 0.1) is 6.92 Å². The van der Waals surface area contributed by atoms with Gasteiger partial charge < -0.3 is 9.80 Å². The predicted octanol–water partition coefficient (Wildman–Crippen LogP) is 17.0. The summed E-state index contributed by atoms with van der Waals surface area (Å²) in [4.78, 5) is 4.80. The molecule has 0 saturated carbocycles. The van der Waals surface area contributed by atoms with Gasteiger partial charge in [-0.2, -0.15) is 0 Å². The number of fused-ring (bicyclic) bond motifs is 2. The Balaban J connectivity index is 1.50. The number of rotatable bonds is 6. The Kier molecular flexibility index (Phi) is 10.4. The smallest absolute Gasteiger partial charge is 0.0887 e. The molecule has 0 aliphatic heterocycles. The quantitative estimate of drug-likeness (QED) is 0.166. The molecule has 2 nitrogen and oxygen atoms in total. The number of anilines is 6. The van der Waals surface area contributed by atoms with Crippen LogP contribution < -0.4 is 9.80 Å². The van der Waals surface area contributed by atoms with Crippen LogP contribution in [0.15, 0.2) is 102 Å². The van der Waals surface area contributed by atoms with Gasteiger partial charge in [-0.15, -0.1) is 11.3 Å². The molecule has 57 heavy (non-hydrogen) atoms. The van der Waals surface area contributed by atoms with Crippen LogP contribution in [0.4, 0.5) is 34.1 Å². The van der Waals surface area contributed by atoms with E-state index >= 15 is 0 Å². The molecule has 0 bridgehead atoms. The van der Waals surface area contributed by atoms with E-state index in [0.717, 1.165) is 46.1 Å². The minimum Gasteiger partial charge on any atom is -0.309 e. The Morgan fingerprint density at radius 2 is 0.965 bits per heavy atom. The van der Waals surface area contributed by atoms with Crippen LogP contribution in [0.5, 0.6) is 0 Å². The monoisotopic (exact) mass is 794 g/mol. The van der Waals surface area contributed by atoms with Crippen molar-refractivity contribution in [1.82, 2.24) is 0 Å². The van der Waals surface area contributed by atoms with Crippen molar-refractivity contribution in [2.24, 2.45) is 0 Å². The van der Waals surface area contributed by atoms with E-state index in [-0.39, 0.29) is 27.1 Å². The molecule has 1 heterocycles. The van der Waals surface area contributed by atoms with Crippen LogP contribution in [-0.2, 0) is 27.1 Å². The second-order valence-corrected chi connectivity index (χ2v) is 22.3. The Labute approximate surface area is 352 Å². The molecule has 0 N–H and O–H groups in total. The summed E-state index contributed by atoms with van der Waals surface area (Å²) in [7, 11) is 0. The third kappa shape index (κ3) is 7.92. The Hall–Kier alpha value is -4.05. The Bertz CT molecular complexity index is 2370. The molecule has 1 aromatic heterocycles. The molecule has 0 radical (unpaired) electrons. The van der Waals surface area contributed by atoms with E-state index < -0.39 is 0 Å². The summed E-state index contributed by atoms with van der Waals surface area (Å²) in [5.41, 5.74) is 14.6. The van der Waals surface area contributed by atoms with E-state index in [1.165, 1.54) is 44.3 Å². The summed E-state index contributed by atoms with van der Waals surface area (Å²) in [6.45, 7) is 32.3. The lowest BCUT2D eigenvalue weighted by Crippen LogP contribution is -2.34. The first-order valence-electron chi connectivity index (χ1n) is 20.7. The van der Waals surface area contributed by atoms with Crippen molar-refractivity contribution in [3.8, 4) is 0 Å². The molecular formula is C53H63ClN2S. The second-order valence-electron chi connectivity index (χ2n) is 21.0. The van der Waals surface area contributed by atoms with E-state index in [0.29, 0.717) is 5.02 Å². The minimum atomic E-state index is 0.0133. The summed E-state index contributed by atoms with van der Waals surface area (Å²) < 4.78 is 1.27. The maximum Gasteiger partial charge on any atom is 0.0887 e. The fraction of sp³-hybridized carbons (Fsp3) is 0.396. The average Bonchev–Trinajstić information content (AvgIpc) is 3.54. The third-order valence-corrected chi connectivity index (χ3v) is 13.7. The van der Waals surface area contributed by atoms with Gasteiger partial charge in [0.05, 0.1) is 22.1 Å². The zero-order chi connectivity index (χ0) is 41.5. The van der Waals surface area contributed by atoms with Crippen LogP contribution in [0.1, 0.15) is 136 Å². The maximum atomic E-state index is 7.96. The third-order valence-electron chi connectivity index (χ3n) is 12.4. The van der Waals surface area contributed by atoms with E-state index in [9.17, 15) is 0 Å². The van der Waals surface area contributed by atoms with Crippen molar-refractivity contribution in [1.29, 1.82) is 0 Å². The van der Waals surface area contributed by atoms with Crippen molar-refractivity contribution in [3.05, 3.63) is 141 Å². The first-order chi connectivity index (χ1) is 26.5. The molecule has 298 valence electrons. The lowest BCUT2D eigenvalue weighted by molar-refractivity contribution is 0.332. The summed E-state index contributed by atoms with van der Waals surface area (Å²) in [6.07, 6.45) is 2.33. The second kappa shape index (κ2) is 14.3. The Morgan fingerprint density at radius 3 is 1.47 bits per heavy atom. The highest BCUT2D eigenvalue weighted by atomic mass is 35.5. The van der Waals surface area contributed by atoms with Crippen molar-refractivity contribution in [2.75, 3.05) is 9.80 Å². The summed E-state index contributed by atoms with van der Waals surface area (Å²) in [5.74, 6) is 0. The van der Waals surface area contributed by atoms with Crippen molar-refractivity contribution in [2.45, 2.75) is 137 Å². The summed E-state index contributed by atoms with van der Waals surface area (Å²) >= 11 is 9.77. The van der Waals surface area contributed by atoms with Gasteiger partial charge in [0.1, 0.15) is 0 Å². The van der Waals surface area contributed by atoms with E-state index in [4.69, 9.17) is 11.6 Å². The van der Waals surface area contributed by atoms with Gasteiger partial charge in [-0.1, -0.05) is 138 Å². The van der Waals surface area contributed by atoms with Gasteiger partial charge in [-0.3, -0.25) is 0 Å². The molecule has 7 rings (SSSR count). The number of halogens is 1. The van der Waals surface area contributed by atoms with Gasteiger partial charge in [-0.05, 0) is 141 Å². The van der Waals surface area contributed by atoms with Crippen molar-refractivity contribution >= 4 is 67.1 Å². The summed E-state index contributed by atoms with van der Waals surface area (Å²) in [6, 6.07) is 36.8. The Morgan fingerprint density at radius 1 is 0.509 bits per heavy atom. The van der Waals surface area contributed by atoms with Gasteiger partial charge in [-0.25, -0.2) is 0 Å². The first-order valence-corrected chi connectivity index (χ1v) is 22.0. The molecule has 4 heteroatoms. The van der Waals surface area contributed by atoms with E-state index in [2.05, 4.69) is 209 Å². The fourth-order valence-corrected chi connectivity index (χ4v) is 9.67. The van der Waals surface area contributed by atoms with E-state index in [1.807, 2.05) is 0 Å². The maximum absolute atomic E-state index is 7.96. The predicted molar refractivity (Wildman–Crippen MR) is 252 cm³/mol. The average molecular weight is 796 g/mol. The highest BCUT2D eigenvalue weighted by Crippen LogP contribution is 2.53. The van der Waals surface area contributed by atoms with Gasteiger partial charge in [0.2, 0.25) is 0 Å². The number of thiophene rings is 1. The minimum absolute atomic E-state index is 0.0133. The largest absolute Gasteiger partial charge is 0.309 e. The molecule has 1 aliphatic rings.